The maximum absolute atomic E-state index is 12.3. The molecule has 1 saturated heterocycles. The van der Waals surface area contributed by atoms with Crippen molar-refractivity contribution in [2.24, 2.45) is 5.92 Å². The molecule has 1 aliphatic heterocycles. The molecule has 0 spiro atoms. The largest absolute Gasteiger partial charge is 0.345 e. The van der Waals surface area contributed by atoms with Crippen LogP contribution in [0.3, 0.4) is 0 Å². The Balaban J connectivity index is 1.40. The fourth-order valence-electron chi connectivity index (χ4n) is 4.04. The average molecular weight is 332 g/mol. The smallest absolute Gasteiger partial charge is 0.223 e. The van der Waals surface area contributed by atoms with Crippen LogP contribution >= 0.6 is 0 Å². The highest BCUT2D eigenvalue weighted by atomic mass is 16.2. The Morgan fingerprint density at radius 1 is 1.42 bits per heavy atom. The first-order chi connectivity index (χ1) is 11.6. The van der Waals surface area contributed by atoms with Gasteiger partial charge in [0, 0.05) is 51.1 Å². The SMILES string of the molecule is CN(CC1CC(=O)N(C2CCCC2)C1)C(=O)CCCc1cn[nH]c1. The molecule has 1 aliphatic carbocycles. The van der Waals surface area contributed by atoms with Gasteiger partial charge in [0.2, 0.25) is 11.8 Å². The van der Waals surface area contributed by atoms with Crippen LogP contribution in [0.25, 0.3) is 0 Å². The van der Waals surface area contributed by atoms with Crippen LogP contribution < -0.4 is 0 Å². The zero-order valence-corrected chi connectivity index (χ0v) is 14.5. The molecular weight excluding hydrogens is 304 g/mol. The first-order valence-corrected chi connectivity index (χ1v) is 9.14. The molecule has 2 amide bonds. The highest BCUT2D eigenvalue weighted by Gasteiger charge is 2.36. The number of H-pyrrole nitrogens is 1. The number of carbonyl (C=O) groups is 2. The third-order valence-electron chi connectivity index (χ3n) is 5.37. The van der Waals surface area contributed by atoms with E-state index in [-0.39, 0.29) is 11.8 Å². The molecule has 2 fully saturated rings. The van der Waals surface area contributed by atoms with Crippen LogP contribution in [0.2, 0.25) is 0 Å². The molecule has 6 heteroatoms. The van der Waals surface area contributed by atoms with Gasteiger partial charge in [0.15, 0.2) is 0 Å². The van der Waals surface area contributed by atoms with Crippen molar-refractivity contribution in [2.75, 3.05) is 20.1 Å². The van der Waals surface area contributed by atoms with Gasteiger partial charge in [-0.1, -0.05) is 12.8 Å². The Hall–Kier alpha value is -1.85. The van der Waals surface area contributed by atoms with Gasteiger partial charge in [-0.15, -0.1) is 0 Å². The van der Waals surface area contributed by atoms with E-state index in [1.54, 1.807) is 6.20 Å². The molecule has 6 nitrogen and oxygen atoms in total. The summed E-state index contributed by atoms with van der Waals surface area (Å²) in [6.45, 7) is 1.52. The number of aromatic amines is 1. The van der Waals surface area contributed by atoms with Gasteiger partial charge in [-0.05, 0) is 31.2 Å². The number of rotatable bonds is 7. The summed E-state index contributed by atoms with van der Waals surface area (Å²) in [4.78, 5) is 28.4. The highest BCUT2D eigenvalue weighted by molar-refractivity contribution is 5.79. The Kier molecular flexibility index (Phi) is 5.53. The van der Waals surface area contributed by atoms with Gasteiger partial charge < -0.3 is 9.80 Å². The molecule has 1 aromatic rings. The summed E-state index contributed by atoms with van der Waals surface area (Å²) in [5.74, 6) is 0.749. The van der Waals surface area contributed by atoms with Gasteiger partial charge in [0.1, 0.15) is 0 Å². The van der Waals surface area contributed by atoms with Crippen molar-refractivity contribution in [3.63, 3.8) is 0 Å². The molecule has 24 heavy (non-hydrogen) atoms. The molecule has 3 rings (SSSR count). The van der Waals surface area contributed by atoms with Crippen LogP contribution in [0.4, 0.5) is 0 Å². The van der Waals surface area contributed by atoms with Crippen LogP contribution in [-0.4, -0.2) is 58.0 Å². The Morgan fingerprint density at radius 3 is 2.92 bits per heavy atom. The number of hydrogen-bond donors (Lipinski definition) is 1. The maximum Gasteiger partial charge on any atom is 0.223 e. The van der Waals surface area contributed by atoms with Gasteiger partial charge in [-0.25, -0.2) is 0 Å². The fourth-order valence-corrected chi connectivity index (χ4v) is 4.04. The first-order valence-electron chi connectivity index (χ1n) is 9.14. The molecule has 2 heterocycles. The summed E-state index contributed by atoms with van der Waals surface area (Å²) in [5, 5.41) is 6.70. The van der Waals surface area contributed by atoms with E-state index in [9.17, 15) is 9.59 Å². The Bertz CT molecular complexity index is 551. The van der Waals surface area contributed by atoms with E-state index in [2.05, 4.69) is 15.1 Å². The van der Waals surface area contributed by atoms with Crippen LogP contribution in [-0.2, 0) is 16.0 Å². The molecular formula is C18H28N4O2. The van der Waals surface area contributed by atoms with Gasteiger partial charge >= 0.3 is 0 Å². The van der Waals surface area contributed by atoms with E-state index in [1.807, 2.05) is 18.1 Å². The van der Waals surface area contributed by atoms with Crippen molar-refractivity contribution in [2.45, 2.75) is 57.4 Å². The van der Waals surface area contributed by atoms with Crippen LogP contribution in [0.5, 0.6) is 0 Å². The molecule has 0 radical (unpaired) electrons. The number of amides is 2. The zero-order valence-electron chi connectivity index (χ0n) is 14.5. The molecule has 1 atom stereocenters. The molecule has 1 N–H and O–H groups in total. The lowest BCUT2D eigenvalue weighted by Crippen LogP contribution is -2.36. The summed E-state index contributed by atoms with van der Waals surface area (Å²) in [6.07, 6.45) is 11.3. The summed E-state index contributed by atoms with van der Waals surface area (Å²) in [7, 11) is 1.86. The van der Waals surface area contributed by atoms with Crippen molar-refractivity contribution < 1.29 is 9.59 Å². The molecule has 2 aliphatic rings. The lowest BCUT2D eigenvalue weighted by atomic mass is 10.1. The van der Waals surface area contributed by atoms with Crippen molar-refractivity contribution in [3.8, 4) is 0 Å². The lowest BCUT2D eigenvalue weighted by molar-refractivity contribution is -0.131. The van der Waals surface area contributed by atoms with E-state index in [0.717, 1.165) is 37.8 Å². The number of aryl methyl sites for hydroxylation is 1. The first kappa shape index (κ1) is 17.0. The normalized spacial score (nSPS) is 21.6. The molecule has 1 unspecified atom stereocenters. The topological polar surface area (TPSA) is 69.3 Å². The summed E-state index contributed by atoms with van der Waals surface area (Å²) in [5.41, 5.74) is 1.14. The number of carbonyl (C=O) groups excluding carboxylic acids is 2. The molecule has 1 aromatic heterocycles. The predicted molar refractivity (Wildman–Crippen MR) is 91.2 cm³/mol. The minimum atomic E-state index is 0.172. The Morgan fingerprint density at radius 2 is 2.21 bits per heavy atom. The number of likely N-dealkylation sites (tertiary alicyclic amines) is 1. The van der Waals surface area contributed by atoms with Crippen molar-refractivity contribution in [3.05, 3.63) is 18.0 Å². The number of hydrogen-bond acceptors (Lipinski definition) is 3. The second-order valence-electron chi connectivity index (χ2n) is 7.29. The van der Waals surface area contributed by atoms with Crippen LogP contribution in [0.1, 0.15) is 50.5 Å². The maximum atomic E-state index is 12.3. The minimum absolute atomic E-state index is 0.172. The van der Waals surface area contributed by atoms with E-state index >= 15 is 0 Å². The summed E-state index contributed by atoms with van der Waals surface area (Å²) >= 11 is 0. The van der Waals surface area contributed by atoms with Crippen molar-refractivity contribution in [1.29, 1.82) is 0 Å². The van der Waals surface area contributed by atoms with Crippen molar-refractivity contribution >= 4 is 11.8 Å². The summed E-state index contributed by atoms with van der Waals surface area (Å²) < 4.78 is 0. The molecule has 0 bridgehead atoms. The zero-order chi connectivity index (χ0) is 16.9. The molecule has 1 saturated carbocycles. The van der Waals surface area contributed by atoms with Gasteiger partial charge in [0.25, 0.3) is 0 Å². The lowest BCUT2D eigenvalue weighted by Gasteiger charge is -2.25. The third-order valence-corrected chi connectivity index (χ3v) is 5.37. The second kappa shape index (κ2) is 7.81. The molecule has 0 aromatic carbocycles. The van der Waals surface area contributed by atoms with Gasteiger partial charge in [-0.2, -0.15) is 5.10 Å². The fraction of sp³-hybridized carbons (Fsp3) is 0.722. The van der Waals surface area contributed by atoms with Crippen LogP contribution in [0, 0.1) is 5.92 Å². The number of nitrogens with zero attached hydrogens (tertiary/aromatic N) is 3. The standard InChI is InChI=1S/C18H28N4O2/c1-21(17(23)8-4-5-14-10-19-20-11-14)12-15-9-18(24)22(13-15)16-6-2-3-7-16/h10-11,15-16H,2-9,12-13H2,1H3,(H,19,20). The van der Waals surface area contributed by atoms with Crippen LogP contribution in [0.15, 0.2) is 12.4 Å². The second-order valence-corrected chi connectivity index (χ2v) is 7.29. The molecule has 132 valence electrons. The number of aromatic nitrogens is 2. The van der Waals surface area contributed by atoms with Gasteiger partial charge in [-0.3, -0.25) is 14.7 Å². The van der Waals surface area contributed by atoms with E-state index in [4.69, 9.17) is 0 Å². The predicted octanol–water partition coefficient (Wildman–Crippen LogP) is 1.98. The summed E-state index contributed by atoms with van der Waals surface area (Å²) in [6, 6.07) is 0.457. The van der Waals surface area contributed by atoms with E-state index in [1.165, 1.54) is 12.8 Å². The minimum Gasteiger partial charge on any atom is -0.345 e. The third kappa shape index (κ3) is 4.16. The van der Waals surface area contributed by atoms with E-state index < -0.39 is 0 Å². The van der Waals surface area contributed by atoms with E-state index in [0.29, 0.717) is 31.3 Å². The monoisotopic (exact) mass is 332 g/mol. The Labute approximate surface area is 143 Å². The highest BCUT2D eigenvalue weighted by Crippen LogP contribution is 2.29. The quantitative estimate of drug-likeness (QED) is 0.830. The van der Waals surface area contributed by atoms with Gasteiger partial charge in [0.05, 0.1) is 6.20 Å². The number of nitrogens with one attached hydrogen (secondary N) is 1. The van der Waals surface area contributed by atoms with Crippen molar-refractivity contribution in [1.82, 2.24) is 20.0 Å². The average Bonchev–Trinajstić information content (AvgIpc) is 3.28.